The van der Waals surface area contributed by atoms with E-state index in [1.807, 2.05) is 11.8 Å². The van der Waals surface area contributed by atoms with E-state index in [1.54, 1.807) is 0 Å². The van der Waals surface area contributed by atoms with E-state index in [1.165, 1.54) is 29.1 Å². The van der Waals surface area contributed by atoms with Crippen molar-refractivity contribution in [2.75, 3.05) is 24.2 Å². The van der Waals surface area contributed by atoms with Gasteiger partial charge in [0.05, 0.1) is 17.1 Å². The first-order valence-corrected chi connectivity index (χ1v) is 15.2. The van der Waals surface area contributed by atoms with Crippen molar-refractivity contribution in [1.82, 2.24) is 24.3 Å². The lowest BCUT2D eigenvalue weighted by Crippen LogP contribution is -2.39. The van der Waals surface area contributed by atoms with Crippen LogP contribution in [0.25, 0.3) is 16.3 Å². The highest BCUT2D eigenvalue weighted by Crippen LogP contribution is 2.38. The van der Waals surface area contributed by atoms with Gasteiger partial charge in [0.1, 0.15) is 20.4 Å². The lowest BCUT2D eigenvalue weighted by Gasteiger charge is -2.33. The molecular weight excluding hydrogens is 522 g/mol. The van der Waals surface area contributed by atoms with Crippen molar-refractivity contribution < 1.29 is 25.6 Å². The highest BCUT2D eigenvalue weighted by Gasteiger charge is 2.41. The molecule has 0 unspecified atom stereocenters. The van der Waals surface area contributed by atoms with E-state index in [0.29, 0.717) is 54.3 Å². The van der Waals surface area contributed by atoms with Crippen LogP contribution in [0, 0.1) is 0 Å². The number of aromatic nitrogens is 4. The second kappa shape index (κ2) is 8.42. The van der Waals surface area contributed by atoms with Gasteiger partial charge < -0.3 is 4.90 Å². The van der Waals surface area contributed by atoms with Gasteiger partial charge in [0, 0.05) is 31.1 Å². The van der Waals surface area contributed by atoms with E-state index in [9.17, 15) is 25.6 Å². The van der Waals surface area contributed by atoms with Crippen LogP contribution in [0.2, 0.25) is 0 Å². The number of nitrogens with zero attached hydrogens (tertiary/aromatic N) is 5. The highest BCUT2D eigenvalue weighted by atomic mass is 32.2. The zero-order valence-electron chi connectivity index (χ0n) is 19.0. The minimum atomic E-state index is -3.90. The van der Waals surface area contributed by atoms with Gasteiger partial charge in [-0.15, -0.1) is 10.2 Å². The van der Waals surface area contributed by atoms with Crippen LogP contribution in [0.1, 0.15) is 44.0 Å². The van der Waals surface area contributed by atoms with Crippen molar-refractivity contribution >= 4 is 42.5 Å². The third kappa shape index (κ3) is 4.78. The number of fused-ring (bicyclic) bond motifs is 1. The maximum Gasteiger partial charge on any atom is 0.291 e. The van der Waals surface area contributed by atoms with Crippen molar-refractivity contribution in [1.29, 1.82) is 0 Å². The number of sulfone groups is 1. The van der Waals surface area contributed by atoms with E-state index in [2.05, 4.69) is 19.9 Å². The topological polar surface area (TPSA) is 127 Å². The van der Waals surface area contributed by atoms with Crippen molar-refractivity contribution in [3.8, 4) is 10.7 Å². The number of pyridine rings is 1. The molecule has 1 aliphatic carbocycles. The van der Waals surface area contributed by atoms with Gasteiger partial charge in [-0.3, -0.25) is 4.40 Å². The number of anilines is 1. The summed E-state index contributed by atoms with van der Waals surface area (Å²) in [6.45, 7) is 2.63. The first kappa shape index (κ1) is 24.5. The molecule has 10 nitrogen and oxygen atoms in total. The molecule has 1 saturated heterocycles. The van der Waals surface area contributed by atoms with Gasteiger partial charge in [-0.2, -0.15) is 0 Å². The number of hydrogen-bond donors (Lipinski definition) is 1. The van der Waals surface area contributed by atoms with Crippen LogP contribution in [0.3, 0.4) is 0 Å². The molecule has 2 aliphatic rings. The van der Waals surface area contributed by atoms with E-state index in [0.717, 1.165) is 12.8 Å². The summed E-state index contributed by atoms with van der Waals surface area (Å²) in [5, 5.41) is 6.67. The van der Waals surface area contributed by atoms with Gasteiger partial charge in [-0.1, -0.05) is 11.3 Å². The van der Waals surface area contributed by atoms with Crippen LogP contribution in [0.4, 0.5) is 14.5 Å². The molecule has 0 radical (unpaired) electrons. The molecule has 4 heterocycles. The normalized spacial score (nSPS) is 19.1. The van der Waals surface area contributed by atoms with Crippen LogP contribution in [0.5, 0.6) is 0 Å². The van der Waals surface area contributed by atoms with E-state index in [-0.39, 0.29) is 9.90 Å². The predicted octanol–water partition coefficient (Wildman–Crippen LogP) is 2.63. The average Bonchev–Trinajstić information content (AvgIpc) is 3.18. The molecule has 2 fully saturated rings. The van der Waals surface area contributed by atoms with E-state index >= 15 is 0 Å². The zero-order valence-corrected chi connectivity index (χ0v) is 21.4. The van der Waals surface area contributed by atoms with Gasteiger partial charge in [-0.25, -0.2) is 35.3 Å². The summed E-state index contributed by atoms with van der Waals surface area (Å²) in [6, 6.07) is 1.53. The number of alkyl halides is 2. The van der Waals surface area contributed by atoms with Crippen molar-refractivity contribution in [2.24, 2.45) is 0 Å². The lowest BCUT2D eigenvalue weighted by molar-refractivity contribution is 0.150. The Bertz CT molecular complexity index is 1490. The van der Waals surface area contributed by atoms with Gasteiger partial charge in [-0.05, 0) is 38.7 Å². The third-order valence-electron chi connectivity index (χ3n) is 6.49. The Morgan fingerprint density at radius 1 is 1.17 bits per heavy atom. The fraction of sp³-hybridized carbons (Fsp3) is 0.550. The van der Waals surface area contributed by atoms with Crippen molar-refractivity contribution in [3.63, 3.8) is 0 Å². The molecule has 35 heavy (non-hydrogen) atoms. The molecule has 15 heteroatoms. The number of halogens is 2. The van der Waals surface area contributed by atoms with Gasteiger partial charge >= 0.3 is 0 Å². The first-order chi connectivity index (χ1) is 16.4. The van der Waals surface area contributed by atoms with Crippen molar-refractivity contribution in [3.05, 3.63) is 23.5 Å². The minimum Gasteiger partial charge on any atom is -0.368 e. The molecule has 3 aromatic rings. The molecule has 1 aliphatic heterocycles. The summed E-state index contributed by atoms with van der Waals surface area (Å²) in [4.78, 5) is 6.35. The second-order valence-corrected chi connectivity index (χ2v) is 14.3. The molecule has 0 aromatic carbocycles. The largest absolute Gasteiger partial charge is 0.368 e. The second-order valence-electron chi connectivity index (χ2n) is 9.33. The summed E-state index contributed by atoms with van der Waals surface area (Å²) in [5.74, 6) is 0. The summed E-state index contributed by atoms with van der Waals surface area (Å²) < 4.78 is 80.9. The molecule has 3 aromatic heterocycles. The van der Waals surface area contributed by atoms with Crippen LogP contribution >= 0.6 is 11.3 Å². The monoisotopic (exact) mass is 546 g/mol. The van der Waals surface area contributed by atoms with E-state index < -0.39 is 42.1 Å². The summed E-state index contributed by atoms with van der Waals surface area (Å²) in [7, 11) is -7.08. The molecule has 0 amide bonds. The number of sulfonamides is 1. The van der Waals surface area contributed by atoms with Crippen LogP contribution in [0.15, 0.2) is 23.4 Å². The quantitative estimate of drug-likeness (QED) is 0.479. The minimum absolute atomic E-state index is 0.00351. The molecule has 0 spiro atoms. The number of hydrogen-bond acceptors (Lipinski definition) is 9. The van der Waals surface area contributed by atoms with Crippen molar-refractivity contribution in [2.45, 2.75) is 54.7 Å². The fourth-order valence-corrected chi connectivity index (χ4v) is 7.46. The Morgan fingerprint density at radius 3 is 2.43 bits per heavy atom. The smallest absolute Gasteiger partial charge is 0.291 e. The summed E-state index contributed by atoms with van der Waals surface area (Å²) in [6.07, 6.45) is 3.58. The number of nitrogens with one attached hydrogen (secondary N) is 1. The van der Waals surface area contributed by atoms with Gasteiger partial charge in [0.25, 0.3) is 6.43 Å². The lowest BCUT2D eigenvalue weighted by atomic mass is 10.1. The fourth-order valence-electron chi connectivity index (χ4n) is 4.21. The summed E-state index contributed by atoms with van der Waals surface area (Å²) >= 11 is 0.713. The molecule has 190 valence electrons. The number of piperidine rings is 1. The van der Waals surface area contributed by atoms with Crippen LogP contribution in [-0.4, -0.2) is 66.6 Å². The maximum atomic E-state index is 13.2. The Hall–Kier alpha value is -2.23. The van der Waals surface area contributed by atoms with Gasteiger partial charge in [0.2, 0.25) is 10.0 Å². The zero-order chi connectivity index (χ0) is 25.2. The van der Waals surface area contributed by atoms with E-state index in [4.69, 9.17) is 0 Å². The molecule has 1 saturated carbocycles. The molecule has 0 bridgehead atoms. The number of imidazole rings is 1. The molecule has 0 atom stereocenters. The predicted molar refractivity (Wildman–Crippen MR) is 127 cm³/mol. The first-order valence-electron chi connectivity index (χ1n) is 11.0. The van der Waals surface area contributed by atoms with Gasteiger partial charge in [0.15, 0.2) is 15.7 Å². The maximum absolute atomic E-state index is 13.2. The SMILES string of the molecule is CC1(NS(=O)(=O)c2cc(N3CCC(S(C)(=O)=O)CC3)c3ncc(-c4nnc(C(F)F)s4)n3c2)CC1. The standard InChI is InChI=1S/C20H24F2N6O4S3/c1-20(5-6-20)26-35(31,32)13-9-14(27-7-3-12(4-8-27)34(2,29)30)17-23-10-15(28(17)11-13)18-24-25-19(33-18)16(21)22/h9-12,16,26H,3-8H2,1-2H3. The van der Waals surface area contributed by atoms with Crippen LogP contribution in [-0.2, 0) is 19.9 Å². The Kier molecular flexibility index (Phi) is 5.89. The molecule has 1 N–H and O–H groups in total. The molecular formula is C20H24F2N6O4S3. The Morgan fingerprint density at radius 2 is 1.86 bits per heavy atom. The highest BCUT2D eigenvalue weighted by molar-refractivity contribution is 7.91. The third-order valence-corrected chi connectivity index (χ3v) is 10.7. The Labute approximate surface area is 205 Å². The van der Waals surface area contributed by atoms with Crippen LogP contribution < -0.4 is 9.62 Å². The average molecular weight is 547 g/mol. The number of rotatable bonds is 7. The Balaban J connectivity index is 1.60. The summed E-state index contributed by atoms with van der Waals surface area (Å²) in [5.41, 5.74) is 0.783. The molecule has 5 rings (SSSR count).